The molecule has 0 saturated carbocycles. The summed E-state index contributed by atoms with van der Waals surface area (Å²) in [4.78, 5) is 2.20. The number of para-hydroxylation sites is 1. The molecule has 0 amide bonds. The molecular weight excluding hydrogens is 236 g/mol. The summed E-state index contributed by atoms with van der Waals surface area (Å²) in [5.74, 6) is 0. The van der Waals surface area contributed by atoms with E-state index in [4.69, 9.17) is 4.74 Å². The molecule has 1 fully saturated rings. The molecule has 0 aromatic heterocycles. The van der Waals surface area contributed by atoms with Crippen molar-refractivity contribution < 1.29 is 4.74 Å². The van der Waals surface area contributed by atoms with Crippen LogP contribution in [0.1, 0.15) is 32.3 Å². The highest BCUT2D eigenvalue weighted by molar-refractivity contribution is 5.51. The normalized spacial score (nSPS) is 22.5. The van der Waals surface area contributed by atoms with Gasteiger partial charge in [-0.05, 0) is 52.4 Å². The molecule has 1 heterocycles. The van der Waals surface area contributed by atoms with Crippen molar-refractivity contribution in [2.45, 2.75) is 44.9 Å². The van der Waals surface area contributed by atoms with Crippen molar-refractivity contribution in [3.05, 3.63) is 29.8 Å². The molecule has 0 bridgehead atoms. The molecule has 19 heavy (non-hydrogen) atoms. The fourth-order valence-electron chi connectivity index (χ4n) is 2.71. The zero-order valence-electron chi connectivity index (χ0n) is 12.6. The van der Waals surface area contributed by atoms with E-state index in [0.717, 1.165) is 26.0 Å². The molecule has 1 N–H and O–H groups in total. The second-order valence-corrected chi connectivity index (χ2v) is 6.34. The number of nitrogens with one attached hydrogen (secondary N) is 1. The zero-order chi connectivity index (χ0) is 13.9. The van der Waals surface area contributed by atoms with Crippen LogP contribution >= 0.6 is 0 Å². The Hall–Kier alpha value is -1.06. The third-order valence-electron chi connectivity index (χ3n) is 3.56. The lowest BCUT2D eigenvalue weighted by molar-refractivity contribution is -0.0553. The van der Waals surface area contributed by atoms with E-state index in [9.17, 15) is 0 Å². The van der Waals surface area contributed by atoms with Crippen LogP contribution in [0.5, 0.6) is 0 Å². The molecule has 1 saturated heterocycles. The van der Waals surface area contributed by atoms with Crippen LogP contribution in [-0.4, -0.2) is 37.2 Å². The maximum Gasteiger partial charge on any atom is 0.0646 e. The summed E-state index contributed by atoms with van der Waals surface area (Å²) in [7, 11) is 4.21. The Bertz CT molecular complexity index is 415. The van der Waals surface area contributed by atoms with Crippen molar-refractivity contribution in [2.75, 3.05) is 26.0 Å². The van der Waals surface area contributed by atoms with Crippen LogP contribution in [0.3, 0.4) is 0 Å². The quantitative estimate of drug-likeness (QED) is 0.902. The van der Waals surface area contributed by atoms with Crippen molar-refractivity contribution in [1.82, 2.24) is 4.90 Å². The second kappa shape index (κ2) is 5.93. The molecule has 1 aliphatic heterocycles. The van der Waals surface area contributed by atoms with Gasteiger partial charge in [0.05, 0.1) is 5.60 Å². The van der Waals surface area contributed by atoms with Gasteiger partial charge in [0.15, 0.2) is 0 Å². The largest absolute Gasteiger partial charge is 0.382 e. The lowest BCUT2D eigenvalue weighted by atomic mass is 9.93. The third kappa shape index (κ3) is 4.22. The second-order valence-electron chi connectivity index (χ2n) is 6.34. The van der Waals surface area contributed by atoms with Crippen LogP contribution in [0.15, 0.2) is 24.3 Å². The van der Waals surface area contributed by atoms with Gasteiger partial charge in [-0.25, -0.2) is 0 Å². The summed E-state index contributed by atoms with van der Waals surface area (Å²) < 4.78 is 5.78. The molecule has 0 aliphatic carbocycles. The maximum absolute atomic E-state index is 5.78. The summed E-state index contributed by atoms with van der Waals surface area (Å²) in [6, 6.07) is 9.10. The minimum atomic E-state index is -0.00753. The molecule has 1 aliphatic rings. The first-order valence-electron chi connectivity index (χ1n) is 7.09. The van der Waals surface area contributed by atoms with E-state index in [1.165, 1.54) is 11.3 Å². The number of hydrogen-bond acceptors (Lipinski definition) is 3. The molecule has 3 heteroatoms. The van der Waals surface area contributed by atoms with Crippen molar-refractivity contribution in [3.63, 3.8) is 0 Å². The van der Waals surface area contributed by atoms with Gasteiger partial charge >= 0.3 is 0 Å². The van der Waals surface area contributed by atoms with Crippen molar-refractivity contribution in [1.29, 1.82) is 0 Å². The lowest BCUT2D eigenvalue weighted by Gasteiger charge is -2.36. The topological polar surface area (TPSA) is 24.5 Å². The number of benzene rings is 1. The Labute approximate surface area is 116 Å². The monoisotopic (exact) mass is 262 g/mol. The Morgan fingerprint density at radius 3 is 2.74 bits per heavy atom. The van der Waals surface area contributed by atoms with Gasteiger partial charge in [0.25, 0.3) is 0 Å². The molecule has 1 aromatic carbocycles. The Morgan fingerprint density at radius 2 is 2.05 bits per heavy atom. The Kier molecular flexibility index (Phi) is 4.48. The lowest BCUT2D eigenvalue weighted by Crippen LogP contribution is -2.40. The van der Waals surface area contributed by atoms with Gasteiger partial charge in [-0.15, -0.1) is 0 Å². The van der Waals surface area contributed by atoms with Crippen molar-refractivity contribution in [3.8, 4) is 0 Å². The summed E-state index contributed by atoms with van der Waals surface area (Å²) >= 11 is 0. The third-order valence-corrected chi connectivity index (χ3v) is 3.56. The number of rotatable bonds is 4. The van der Waals surface area contributed by atoms with E-state index >= 15 is 0 Å². The molecule has 0 radical (unpaired) electrons. The van der Waals surface area contributed by atoms with Gasteiger partial charge in [-0.2, -0.15) is 0 Å². The highest BCUT2D eigenvalue weighted by Gasteiger charge is 2.28. The van der Waals surface area contributed by atoms with E-state index < -0.39 is 0 Å². The van der Waals surface area contributed by atoms with Crippen LogP contribution in [0, 0.1) is 0 Å². The summed E-state index contributed by atoms with van der Waals surface area (Å²) in [5.41, 5.74) is 2.61. The number of anilines is 1. The molecule has 1 atom stereocenters. The van der Waals surface area contributed by atoms with E-state index in [-0.39, 0.29) is 5.60 Å². The van der Waals surface area contributed by atoms with E-state index in [1.807, 2.05) is 0 Å². The first kappa shape index (κ1) is 14.4. The van der Waals surface area contributed by atoms with Gasteiger partial charge in [-0.1, -0.05) is 18.2 Å². The fraction of sp³-hybridized carbons (Fsp3) is 0.625. The van der Waals surface area contributed by atoms with Gasteiger partial charge in [-0.3, -0.25) is 0 Å². The summed E-state index contributed by atoms with van der Waals surface area (Å²) in [6.07, 6.45) is 2.14. The summed E-state index contributed by atoms with van der Waals surface area (Å²) in [5, 5.41) is 3.70. The first-order chi connectivity index (χ1) is 8.96. The molecule has 0 spiro atoms. The maximum atomic E-state index is 5.78. The molecule has 1 unspecified atom stereocenters. The Morgan fingerprint density at radius 1 is 1.32 bits per heavy atom. The average molecular weight is 262 g/mol. The van der Waals surface area contributed by atoms with Gasteiger partial charge in [0.1, 0.15) is 0 Å². The highest BCUT2D eigenvalue weighted by Crippen LogP contribution is 2.27. The molecule has 106 valence electrons. The van der Waals surface area contributed by atoms with E-state index in [2.05, 4.69) is 62.4 Å². The van der Waals surface area contributed by atoms with Crippen LogP contribution in [0.25, 0.3) is 0 Å². The minimum absolute atomic E-state index is 0.00753. The molecule has 1 aromatic rings. The molecule has 2 rings (SSSR count). The van der Waals surface area contributed by atoms with Crippen LogP contribution in [0.4, 0.5) is 5.69 Å². The van der Waals surface area contributed by atoms with Crippen LogP contribution in [-0.2, 0) is 11.3 Å². The highest BCUT2D eigenvalue weighted by atomic mass is 16.5. The van der Waals surface area contributed by atoms with Gasteiger partial charge in [0, 0.05) is 24.9 Å². The van der Waals surface area contributed by atoms with E-state index in [0.29, 0.717) is 6.04 Å². The standard InChI is InChI=1S/C16H26N2O/c1-16(2)11-14(9-10-19-16)17-15-8-6-5-7-13(15)12-18(3)4/h5-8,14,17H,9-12H2,1-4H3. The van der Waals surface area contributed by atoms with E-state index in [1.54, 1.807) is 0 Å². The fourth-order valence-corrected chi connectivity index (χ4v) is 2.71. The number of hydrogen-bond donors (Lipinski definition) is 1. The van der Waals surface area contributed by atoms with Crippen LogP contribution in [0.2, 0.25) is 0 Å². The van der Waals surface area contributed by atoms with Gasteiger partial charge < -0.3 is 15.0 Å². The van der Waals surface area contributed by atoms with Crippen LogP contribution < -0.4 is 5.32 Å². The zero-order valence-corrected chi connectivity index (χ0v) is 12.6. The molecular formula is C16H26N2O. The number of nitrogens with zero attached hydrogens (tertiary/aromatic N) is 1. The number of ether oxygens (including phenoxy) is 1. The summed E-state index contributed by atoms with van der Waals surface area (Å²) in [6.45, 7) is 6.16. The molecule has 3 nitrogen and oxygen atoms in total. The predicted octanol–water partition coefficient (Wildman–Crippen LogP) is 3.12. The minimum Gasteiger partial charge on any atom is -0.382 e. The predicted molar refractivity (Wildman–Crippen MR) is 80.5 cm³/mol. The SMILES string of the molecule is CN(C)Cc1ccccc1NC1CCOC(C)(C)C1. The average Bonchev–Trinajstić information content (AvgIpc) is 2.30. The van der Waals surface area contributed by atoms with Crippen molar-refractivity contribution >= 4 is 5.69 Å². The van der Waals surface area contributed by atoms with Gasteiger partial charge in [0.2, 0.25) is 0 Å². The Balaban J connectivity index is 2.06. The van der Waals surface area contributed by atoms with Crippen molar-refractivity contribution in [2.24, 2.45) is 0 Å². The first-order valence-corrected chi connectivity index (χ1v) is 7.09. The smallest absolute Gasteiger partial charge is 0.0646 e.